The summed E-state index contributed by atoms with van der Waals surface area (Å²) in [6, 6.07) is 14.4. The molecule has 1 aliphatic heterocycles. The first-order chi connectivity index (χ1) is 13.6. The quantitative estimate of drug-likeness (QED) is 0.702. The van der Waals surface area contributed by atoms with Crippen LogP contribution in [0.4, 0.5) is 0 Å². The lowest BCUT2D eigenvalue weighted by molar-refractivity contribution is -0.121. The van der Waals surface area contributed by atoms with Crippen molar-refractivity contribution in [1.82, 2.24) is 10.2 Å². The summed E-state index contributed by atoms with van der Waals surface area (Å²) < 4.78 is 11.5. The van der Waals surface area contributed by atoms with E-state index in [-0.39, 0.29) is 11.9 Å². The largest absolute Gasteiger partial charge is 0.493 e. The van der Waals surface area contributed by atoms with Crippen molar-refractivity contribution in [2.75, 3.05) is 27.3 Å². The number of nitrogens with one attached hydrogen (secondary N) is 1. The summed E-state index contributed by atoms with van der Waals surface area (Å²) in [6.07, 6.45) is 2.27. The van der Waals surface area contributed by atoms with Crippen molar-refractivity contribution in [3.63, 3.8) is 0 Å². The molecule has 0 atom stereocenters. The van der Waals surface area contributed by atoms with Crippen LogP contribution < -0.4 is 14.8 Å². The zero-order valence-electron chi connectivity index (χ0n) is 16.4. The summed E-state index contributed by atoms with van der Waals surface area (Å²) in [4.78, 5) is 15.0. The fourth-order valence-electron chi connectivity index (χ4n) is 3.56. The molecule has 1 heterocycles. The summed E-state index contributed by atoms with van der Waals surface area (Å²) in [7, 11) is 3.19. The van der Waals surface area contributed by atoms with Crippen molar-refractivity contribution in [3.8, 4) is 11.5 Å². The number of nitrogens with zero attached hydrogens (tertiary/aromatic N) is 1. The molecule has 0 aliphatic carbocycles. The number of likely N-dealkylation sites (tertiary alicyclic amines) is 1. The number of methoxy groups -OCH3 is 2. The Morgan fingerprint density at radius 2 is 1.75 bits per heavy atom. The Hall–Kier alpha value is -2.05. The molecule has 6 heteroatoms. The molecule has 0 radical (unpaired) electrons. The van der Waals surface area contributed by atoms with Gasteiger partial charge in [-0.15, -0.1) is 0 Å². The second-order valence-electron chi connectivity index (χ2n) is 7.08. The maximum atomic E-state index is 12.5. The smallest absolute Gasteiger partial charge is 0.224 e. The highest BCUT2D eigenvalue weighted by atomic mass is 79.9. The molecule has 0 saturated carbocycles. The molecule has 28 heavy (non-hydrogen) atoms. The van der Waals surface area contributed by atoms with Crippen LogP contribution in [0, 0.1) is 0 Å². The number of amides is 1. The molecule has 1 fully saturated rings. The Morgan fingerprint density at radius 1 is 1.11 bits per heavy atom. The lowest BCUT2D eigenvalue weighted by Gasteiger charge is -2.32. The number of rotatable bonds is 7. The van der Waals surface area contributed by atoms with Gasteiger partial charge in [-0.2, -0.15) is 0 Å². The molecule has 0 aromatic heterocycles. The zero-order valence-corrected chi connectivity index (χ0v) is 18.0. The minimum atomic E-state index is 0.0365. The maximum Gasteiger partial charge on any atom is 0.224 e. The molecule has 2 aromatic carbocycles. The molecular formula is C22H27BrN2O3. The SMILES string of the molecule is COc1cc(Br)c(CC(=O)NC2CCN(Cc3ccccc3)CC2)cc1OC. The van der Waals surface area contributed by atoms with E-state index in [0.29, 0.717) is 17.9 Å². The molecule has 2 aromatic rings. The molecule has 0 spiro atoms. The summed E-state index contributed by atoms with van der Waals surface area (Å²) in [5, 5.41) is 3.19. The minimum Gasteiger partial charge on any atom is -0.493 e. The van der Waals surface area contributed by atoms with Crippen molar-refractivity contribution in [2.24, 2.45) is 0 Å². The van der Waals surface area contributed by atoms with Gasteiger partial charge < -0.3 is 14.8 Å². The number of piperidine rings is 1. The average Bonchev–Trinajstić information content (AvgIpc) is 2.71. The number of hydrogen-bond donors (Lipinski definition) is 1. The van der Waals surface area contributed by atoms with Crippen LogP contribution >= 0.6 is 15.9 Å². The van der Waals surface area contributed by atoms with Crippen molar-refractivity contribution >= 4 is 21.8 Å². The van der Waals surface area contributed by atoms with E-state index >= 15 is 0 Å². The predicted molar refractivity (Wildman–Crippen MR) is 114 cm³/mol. The Balaban J connectivity index is 1.50. The standard InChI is InChI=1S/C22H27BrN2O3/c1-27-20-12-17(19(23)14-21(20)28-2)13-22(26)24-18-8-10-25(11-9-18)15-16-6-4-3-5-7-16/h3-7,12,14,18H,8-11,13,15H2,1-2H3,(H,24,26). The molecule has 1 saturated heterocycles. The van der Waals surface area contributed by atoms with E-state index < -0.39 is 0 Å². The highest BCUT2D eigenvalue weighted by Crippen LogP contribution is 2.33. The predicted octanol–water partition coefficient (Wildman–Crippen LogP) is 3.79. The van der Waals surface area contributed by atoms with Crippen LogP contribution in [0.2, 0.25) is 0 Å². The van der Waals surface area contributed by atoms with Gasteiger partial charge in [-0.1, -0.05) is 46.3 Å². The Kier molecular flexibility index (Phi) is 7.34. The van der Waals surface area contributed by atoms with Gasteiger partial charge in [0, 0.05) is 30.1 Å². The number of carbonyl (C=O) groups excluding carboxylic acids is 1. The van der Waals surface area contributed by atoms with Crippen LogP contribution in [-0.2, 0) is 17.8 Å². The summed E-state index contributed by atoms with van der Waals surface area (Å²) in [5.74, 6) is 1.31. The van der Waals surface area contributed by atoms with Crippen LogP contribution in [-0.4, -0.2) is 44.2 Å². The summed E-state index contributed by atoms with van der Waals surface area (Å²) in [6.45, 7) is 2.97. The third-order valence-electron chi connectivity index (χ3n) is 5.11. The second kappa shape index (κ2) is 9.94. The first-order valence-corrected chi connectivity index (χ1v) is 10.3. The van der Waals surface area contributed by atoms with Gasteiger partial charge in [-0.05, 0) is 36.1 Å². The number of carbonyl (C=O) groups is 1. The van der Waals surface area contributed by atoms with E-state index in [1.807, 2.05) is 18.2 Å². The number of halogens is 1. The van der Waals surface area contributed by atoms with E-state index in [1.165, 1.54) is 5.56 Å². The molecule has 5 nitrogen and oxygen atoms in total. The fraction of sp³-hybridized carbons (Fsp3) is 0.409. The Bertz CT molecular complexity index is 790. The molecular weight excluding hydrogens is 420 g/mol. The second-order valence-corrected chi connectivity index (χ2v) is 7.93. The van der Waals surface area contributed by atoms with Gasteiger partial charge in [-0.3, -0.25) is 9.69 Å². The van der Waals surface area contributed by atoms with Crippen LogP contribution in [0.25, 0.3) is 0 Å². The lowest BCUT2D eigenvalue weighted by Crippen LogP contribution is -2.44. The zero-order chi connectivity index (χ0) is 19.9. The molecule has 1 aliphatic rings. The summed E-state index contributed by atoms with van der Waals surface area (Å²) in [5.41, 5.74) is 2.22. The van der Waals surface area contributed by atoms with E-state index in [9.17, 15) is 4.79 Å². The Morgan fingerprint density at radius 3 is 2.39 bits per heavy atom. The molecule has 3 rings (SSSR count). The molecule has 1 N–H and O–H groups in total. The van der Waals surface area contributed by atoms with Crippen LogP contribution in [0.15, 0.2) is 46.9 Å². The van der Waals surface area contributed by atoms with E-state index in [2.05, 4.69) is 50.4 Å². The first kappa shape index (κ1) is 20.7. The van der Waals surface area contributed by atoms with Crippen molar-refractivity contribution < 1.29 is 14.3 Å². The van der Waals surface area contributed by atoms with Crippen LogP contribution in [0.3, 0.4) is 0 Å². The third kappa shape index (κ3) is 5.49. The van der Waals surface area contributed by atoms with Gasteiger partial charge in [0.2, 0.25) is 5.91 Å². The minimum absolute atomic E-state index is 0.0365. The van der Waals surface area contributed by atoms with Gasteiger partial charge in [0.05, 0.1) is 20.6 Å². The average molecular weight is 447 g/mol. The number of ether oxygens (including phenoxy) is 2. The van der Waals surface area contributed by atoms with Crippen molar-refractivity contribution in [2.45, 2.75) is 31.8 Å². The lowest BCUT2D eigenvalue weighted by atomic mass is 10.0. The van der Waals surface area contributed by atoms with Crippen molar-refractivity contribution in [3.05, 3.63) is 58.1 Å². The van der Waals surface area contributed by atoms with Gasteiger partial charge >= 0.3 is 0 Å². The van der Waals surface area contributed by atoms with Gasteiger partial charge in [0.1, 0.15) is 0 Å². The molecule has 1 amide bonds. The molecule has 0 unspecified atom stereocenters. The summed E-state index contributed by atoms with van der Waals surface area (Å²) >= 11 is 3.52. The highest BCUT2D eigenvalue weighted by Gasteiger charge is 2.21. The molecule has 150 valence electrons. The third-order valence-corrected chi connectivity index (χ3v) is 5.84. The number of hydrogen-bond acceptors (Lipinski definition) is 4. The van der Waals surface area contributed by atoms with Crippen molar-refractivity contribution in [1.29, 1.82) is 0 Å². The topological polar surface area (TPSA) is 50.8 Å². The Labute approximate surface area is 175 Å². The van der Waals surface area contributed by atoms with Crippen LogP contribution in [0.5, 0.6) is 11.5 Å². The van der Waals surface area contributed by atoms with Gasteiger partial charge in [-0.25, -0.2) is 0 Å². The highest BCUT2D eigenvalue weighted by molar-refractivity contribution is 9.10. The van der Waals surface area contributed by atoms with E-state index in [4.69, 9.17) is 9.47 Å². The monoisotopic (exact) mass is 446 g/mol. The van der Waals surface area contributed by atoms with Gasteiger partial charge in [0.25, 0.3) is 0 Å². The van der Waals surface area contributed by atoms with E-state index in [1.54, 1.807) is 14.2 Å². The normalized spacial score (nSPS) is 15.2. The maximum absolute atomic E-state index is 12.5. The molecule has 0 bridgehead atoms. The number of benzene rings is 2. The first-order valence-electron chi connectivity index (χ1n) is 9.55. The van der Waals surface area contributed by atoms with E-state index in [0.717, 1.165) is 42.5 Å². The van der Waals surface area contributed by atoms with Crippen LogP contribution in [0.1, 0.15) is 24.0 Å². The van der Waals surface area contributed by atoms with Gasteiger partial charge in [0.15, 0.2) is 11.5 Å². The fourth-order valence-corrected chi connectivity index (χ4v) is 4.02.